The zero-order valence-electron chi connectivity index (χ0n) is 17.7. The number of hydrogen-bond donors (Lipinski definition) is 2. The molecule has 0 aliphatic rings. The fraction of sp³-hybridized carbons (Fsp3) is 0.455. The highest BCUT2D eigenvalue weighted by molar-refractivity contribution is 6.08. The Morgan fingerprint density at radius 1 is 1.28 bits per heavy atom. The van der Waals surface area contributed by atoms with Crippen LogP contribution in [0.5, 0.6) is 11.5 Å². The zero-order valence-corrected chi connectivity index (χ0v) is 17.7. The van der Waals surface area contributed by atoms with E-state index in [1.54, 1.807) is 6.07 Å². The van der Waals surface area contributed by atoms with Crippen LogP contribution in [0.1, 0.15) is 45.3 Å². The fourth-order valence-electron chi connectivity index (χ4n) is 3.40. The van der Waals surface area contributed by atoms with Crippen LogP contribution < -0.4 is 15.0 Å². The van der Waals surface area contributed by atoms with Gasteiger partial charge in [-0.15, -0.1) is 11.5 Å². The highest BCUT2D eigenvalue weighted by Gasteiger charge is 2.34. The number of anilines is 1. The number of unbranched alkanes of at least 4 members (excludes halogenated alkanes) is 1. The van der Waals surface area contributed by atoms with Gasteiger partial charge in [0.2, 0.25) is 0 Å². The van der Waals surface area contributed by atoms with Crippen molar-refractivity contribution < 1.29 is 19.4 Å². The van der Waals surface area contributed by atoms with Crippen molar-refractivity contribution in [2.45, 2.75) is 39.7 Å². The molecule has 2 rings (SSSR count). The van der Waals surface area contributed by atoms with Gasteiger partial charge in [0.05, 0.1) is 36.8 Å². The molecule has 7 nitrogen and oxygen atoms in total. The summed E-state index contributed by atoms with van der Waals surface area (Å²) in [5.74, 6) is 0.908. The summed E-state index contributed by atoms with van der Waals surface area (Å²) >= 11 is 0. The molecule has 29 heavy (non-hydrogen) atoms. The van der Waals surface area contributed by atoms with Crippen molar-refractivity contribution in [3.05, 3.63) is 41.3 Å². The molecule has 0 radical (unpaired) electrons. The molecular formula is C22H30N2O5. The second-order valence-corrected chi connectivity index (χ2v) is 7.42. The molecule has 2 aromatic carbocycles. The van der Waals surface area contributed by atoms with Crippen LogP contribution in [-0.4, -0.2) is 26.0 Å². The van der Waals surface area contributed by atoms with E-state index >= 15 is 0 Å². The summed E-state index contributed by atoms with van der Waals surface area (Å²) in [5, 5.41) is 13.7. The number of fused-ring (bicyclic) bond motifs is 1. The molecule has 0 aromatic heterocycles. The summed E-state index contributed by atoms with van der Waals surface area (Å²) in [4.78, 5) is 11.6. The van der Waals surface area contributed by atoms with Gasteiger partial charge in [0.25, 0.3) is 0 Å². The highest BCUT2D eigenvalue weighted by Crippen LogP contribution is 2.50. The summed E-state index contributed by atoms with van der Waals surface area (Å²) in [6.07, 6.45) is 3.36. The Bertz CT molecular complexity index is 879. The molecule has 0 aliphatic carbocycles. The van der Waals surface area contributed by atoms with E-state index in [2.05, 4.69) is 24.2 Å². The Hall–Kier alpha value is -2.64. The Kier molecular flexibility index (Phi) is 7.59. The molecule has 0 spiro atoms. The molecule has 0 bridgehead atoms. The van der Waals surface area contributed by atoms with Crippen LogP contribution in [0, 0.1) is 10.3 Å². The second-order valence-electron chi connectivity index (χ2n) is 7.42. The van der Waals surface area contributed by atoms with Gasteiger partial charge < -0.3 is 14.2 Å². The Labute approximate surface area is 171 Å². The first-order chi connectivity index (χ1) is 13.9. The molecule has 158 valence electrons. The average Bonchev–Trinajstić information content (AvgIpc) is 2.74. The topological polar surface area (TPSA) is 89.4 Å². The fourth-order valence-corrected chi connectivity index (χ4v) is 3.40. The maximum absolute atomic E-state index is 11.6. The van der Waals surface area contributed by atoms with Crippen LogP contribution in [0.3, 0.4) is 0 Å². The van der Waals surface area contributed by atoms with E-state index in [1.165, 1.54) is 20.3 Å². The Morgan fingerprint density at radius 2 is 2.00 bits per heavy atom. The third kappa shape index (κ3) is 4.36. The van der Waals surface area contributed by atoms with Gasteiger partial charge in [-0.05, 0) is 29.8 Å². The van der Waals surface area contributed by atoms with E-state index in [1.807, 2.05) is 26.0 Å². The third-order valence-corrected chi connectivity index (χ3v) is 5.12. The maximum Gasteiger partial charge on any atom is 0.135 e. The van der Waals surface area contributed by atoms with E-state index < -0.39 is 11.5 Å². The molecule has 2 aromatic rings. The zero-order chi connectivity index (χ0) is 21.6. The van der Waals surface area contributed by atoms with Crippen LogP contribution in [0.4, 0.5) is 11.4 Å². The minimum atomic E-state index is -0.429. The Balaban J connectivity index is 2.90. The molecule has 0 fully saturated rings. The predicted molar refractivity (Wildman–Crippen MR) is 115 cm³/mol. The lowest BCUT2D eigenvalue weighted by atomic mass is 9.81. The molecule has 2 N–H and O–H groups in total. The lowest BCUT2D eigenvalue weighted by Gasteiger charge is -2.33. The van der Waals surface area contributed by atoms with Crippen molar-refractivity contribution in [2.24, 2.45) is 10.6 Å². The standard InChI is InChI=1S/C22H30N2O5/c1-7-9-12-29-21(22(3,4)8-2)14-13-17(27-5)18-15(23-25)10-11-16(24-26)19(18)20(14)28-6/h8,10-11,13,21,23,25H,2,7,9,12H2,1,3-6H3. The minimum Gasteiger partial charge on any atom is -0.496 e. The van der Waals surface area contributed by atoms with Crippen molar-refractivity contribution in [2.75, 3.05) is 26.3 Å². The lowest BCUT2D eigenvalue weighted by molar-refractivity contribution is -0.00996. The summed E-state index contributed by atoms with van der Waals surface area (Å²) in [6.45, 7) is 10.7. The van der Waals surface area contributed by atoms with E-state index in [9.17, 15) is 10.1 Å². The van der Waals surface area contributed by atoms with Crippen LogP contribution in [0.15, 0.2) is 36.0 Å². The molecule has 1 atom stereocenters. The van der Waals surface area contributed by atoms with Crippen LogP contribution in [-0.2, 0) is 4.74 Å². The molecule has 1 unspecified atom stereocenters. The van der Waals surface area contributed by atoms with Gasteiger partial charge in [0.15, 0.2) is 0 Å². The number of rotatable bonds is 11. The lowest BCUT2D eigenvalue weighted by Crippen LogP contribution is -2.24. The minimum absolute atomic E-state index is 0.180. The largest absolute Gasteiger partial charge is 0.496 e. The number of nitrogens with zero attached hydrogens (tertiary/aromatic N) is 1. The number of hydrogen-bond acceptors (Lipinski definition) is 7. The van der Waals surface area contributed by atoms with Crippen LogP contribution in [0.2, 0.25) is 0 Å². The van der Waals surface area contributed by atoms with E-state index in [4.69, 9.17) is 14.2 Å². The summed E-state index contributed by atoms with van der Waals surface area (Å²) < 4.78 is 17.6. The van der Waals surface area contributed by atoms with Gasteiger partial charge >= 0.3 is 0 Å². The van der Waals surface area contributed by atoms with Crippen molar-refractivity contribution in [1.82, 2.24) is 0 Å². The van der Waals surface area contributed by atoms with Crippen molar-refractivity contribution in [3.63, 3.8) is 0 Å². The quantitative estimate of drug-likeness (QED) is 0.203. The molecule has 0 aliphatic heterocycles. The predicted octanol–water partition coefficient (Wildman–Crippen LogP) is 6.13. The van der Waals surface area contributed by atoms with Crippen LogP contribution >= 0.6 is 0 Å². The van der Waals surface area contributed by atoms with E-state index in [0.717, 1.165) is 18.4 Å². The Morgan fingerprint density at radius 3 is 2.52 bits per heavy atom. The van der Waals surface area contributed by atoms with Crippen molar-refractivity contribution in [1.29, 1.82) is 0 Å². The van der Waals surface area contributed by atoms with Gasteiger partial charge in [0, 0.05) is 17.6 Å². The smallest absolute Gasteiger partial charge is 0.135 e. The molecule has 0 saturated carbocycles. The average molecular weight is 402 g/mol. The molecule has 7 heteroatoms. The van der Waals surface area contributed by atoms with Gasteiger partial charge in [-0.3, -0.25) is 10.7 Å². The van der Waals surface area contributed by atoms with Gasteiger partial charge in [-0.2, -0.15) is 0 Å². The number of benzene rings is 2. The monoisotopic (exact) mass is 402 g/mol. The number of methoxy groups -OCH3 is 2. The first kappa shape index (κ1) is 22.6. The van der Waals surface area contributed by atoms with E-state index in [-0.39, 0.29) is 5.69 Å². The SMILES string of the molecule is C=CC(C)(C)C(OCCCC)c1cc(OC)c2c(NO)ccc(N=O)c2c1OC. The molecule has 0 heterocycles. The number of nitrogens with one attached hydrogen (secondary N) is 1. The normalized spacial score (nSPS) is 12.5. The van der Waals surface area contributed by atoms with Crippen molar-refractivity contribution >= 4 is 22.1 Å². The van der Waals surface area contributed by atoms with Crippen molar-refractivity contribution in [3.8, 4) is 11.5 Å². The summed E-state index contributed by atoms with van der Waals surface area (Å²) in [5.41, 5.74) is 3.00. The molecule has 0 saturated heterocycles. The summed E-state index contributed by atoms with van der Waals surface area (Å²) in [6, 6.07) is 4.90. The number of nitroso groups, excluding NO2 is 1. The van der Waals surface area contributed by atoms with E-state index in [0.29, 0.717) is 34.6 Å². The van der Waals surface area contributed by atoms with Crippen LogP contribution in [0.25, 0.3) is 10.8 Å². The van der Waals surface area contributed by atoms with Gasteiger partial charge in [-0.25, -0.2) is 0 Å². The first-order valence-corrected chi connectivity index (χ1v) is 9.60. The summed E-state index contributed by atoms with van der Waals surface area (Å²) in [7, 11) is 3.06. The highest BCUT2D eigenvalue weighted by atomic mass is 16.5. The molecule has 0 amide bonds. The van der Waals surface area contributed by atoms with Gasteiger partial charge in [-0.1, -0.05) is 33.3 Å². The number of ether oxygens (including phenoxy) is 3. The third-order valence-electron chi connectivity index (χ3n) is 5.12. The first-order valence-electron chi connectivity index (χ1n) is 9.60. The van der Waals surface area contributed by atoms with Gasteiger partial charge in [0.1, 0.15) is 17.2 Å². The second kappa shape index (κ2) is 9.71. The maximum atomic E-state index is 11.6. The molecular weight excluding hydrogens is 372 g/mol.